The first-order chi connectivity index (χ1) is 9.91. The molecule has 2 rings (SSSR count). The molecule has 0 spiro atoms. The number of pyridine rings is 1. The molecule has 0 aliphatic heterocycles. The van der Waals surface area contributed by atoms with Crippen LogP contribution in [0.4, 0.5) is 0 Å². The highest BCUT2D eigenvalue weighted by Gasteiger charge is 2.14. The predicted molar refractivity (Wildman–Crippen MR) is 77.9 cm³/mol. The first-order valence-electron chi connectivity index (χ1n) is 6.44. The Bertz CT molecular complexity index is 774. The van der Waals surface area contributed by atoms with Crippen LogP contribution < -0.4 is 5.56 Å². The van der Waals surface area contributed by atoms with Crippen LogP contribution in [0.5, 0.6) is 0 Å². The zero-order valence-electron chi connectivity index (χ0n) is 11.8. The second-order valence-electron chi connectivity index (χ2n) is 4.80. The molecule has 0 aliphatic rings. The van der Waals surface area contributed by atoms with Gasteiger partial charge in [-0.1, -0.05) is 18.2 Å². The van der Waals surface area contributed by atoms with Crippen LogP contribution in [0.25, 0.3) is 0 Å². The van der Waals surface area contributed by atoms with Gasteiger partial charge in [-0.15, -0.1) is 0 Å². The quantitative estimate of drug-likeness (QED) is 0.873. The summed E-state index contributed by atoms with van der Waals surface area (Å²) in [5.74, 6) is -1.35. The summed E-state index contributed by atoms with van der Waals surface area (Å²) < 4.78 is 1.42. The lowest BCUT2D eigenvalue weighted by Gasteiger charge is -2.13. The Kier molecular flexibility index (Phi) is 4.03. The van der Waals surface area contributed by atoms with Crippen LogP contribution in [0.2, 0.25) is 0 Å². The van der Waals surface area contributed by atoms with E-state index in [2.05, 4.69) is 0 Å². The summed E-state index contributed by atoms with van der Waals surface area (Å²) in [5.41, 5.74) is 1.05. The number of aryl methyl sites for hydroxylation is 1. The SMILES string of the molecule is CC(=O)c1ccc(C)n(Cc2ccccc2C(=O)O)c1=O. The minimum absolute atomic E-state index is 0.105. The Morgan fingerprint density at radius 2 is 1.76 bits per heavy atom. The van der Waals surface area contributed by atoms with Crippen molar-refractivity contribution in [1.82, 2.24) is 4.57 Å². The van der Waals surface area contributed by atoms with Crippen molar-refractivity contribution in [3.63, 3.8) is 0 Å². The molecule has 2 aromatic rings. The van der Waals surface area contributed by atoms with E-state index in [1.54, 1.807) is 31.2 Å². The van der Waals surface area contributed by atoms with Crippen molar-refractivity contribution < 1.29 is 14.7 Å². The molecule has 5 nitrogen and oxygen atoms in total. The Morgan fingerprint density at radius 1 is 1.10 bits per heavy atom. The number of rotatable bonds is 4. The Hall–Kier alpha value is -2.69. The summed E-state index contributed by atoms with van der Waals surface area (Å²) >= 11 is 0. The smallest absolute Gasteiger partial charge is 0.336 e. The van der Waals surface area contributed by atoms with Gasteiger partial charge in [0.1, 0.15) is 0 Å². The molecule has 0 saturated carbocycles. The van der Waals surface area contributed by atoms with E-state index in [0.717, 1.165) is 0 Å². The minimum atomic E-state index is -1.04. The van der Waals surface area contributed by atoms with Crippen molar-refractivity contribution in [3.8, 4) is 0 Å². The van der Waals surface area contributed by atoms with Gasteiger partial charge >= 0.3 is 5.97 Å². The fourth-order valence-electron chi connectivity index (χ4n) is 2.17. The van der Waals surface area contributed by atoms with Gasteiger partial charge in [0, 0.05) is 5.69 Å². The van der Waals surface area contributed by atoms with Gasteiger partial charge in [-0.2, -0.15) is 0 Å². The van der Waals surface area contributed by atoms with Gasteiger partial charge < -0.3 is 9.67 Å². The average molecular weight is 285 g/mol. The second-order valence-corrected chi connectivity index (χ2v) is 4.80. The van der Waals surface area contributed by atoms with Crippen molar-refractivity contribution in [2.45, 2.75) is 20.4 Å². The zero-order valence-corrected chi connectivity index (χ0v) is 11.8. The molecule has 0 unspecified atom stereocenters. The summed E-state index contributed by atoms with van der Waals surface area (Å²) in [6.07, 6.45) is 0. The maximum atomic E-state index is 12.3. The van der Waals surface area contributed by atoms with Crippen molar-refractivity contribution in [2.75, 3.05) is 0 Å². The highest BCUT2D eigenvalue weighted by Crippen LogP contribution is 2.11. The molecule has 0 amide bonds. The van der Waals surface area contributed by atoms with E-state index in [0.29, 0.717) is 11.3 Å². The van der Waals surface area contributed by atoms with E-state index in [9.17, 15) is 19.5 Å². The number of hydrogen-bond donors (Lipinski definition) is 1. The van der Waals surface area contributed by atoms with E-state index < -0.39 is 11.5 Å². The van der Waals surface area contributed by atoms with Crippen LogP contribution in [0, 0.1) is 6.92 Å². The zero-order chi connectivity index (χ0) is 15.6. The molecule has 21 heavy (non-hydrogen) atoms. The van der Waals surface area contributed by atoms with Gasteiger partial charge in [-0.05, 0) is 37.6 Å². The molecular formula is C16H15NO4. The van der Waals surface area contributed by atoms with Crippen LogP contribution in [0.3, 0.4) is 0 Å². The summed E-state index contributed by atoms with van der Waals surface area (Å²) in [7, 11) is 0. The molecule has 1 aromatic heterocycles. The number of hydrogen-bond acceptors (Lipinski definition) is 3. The van der Waals surface area contributed by atoms with Gasteiger partial charge in [0.25, 0.3) is 5.56 Å². The van der Waals surface area contributed by atoms with E-state index >= 15 is 0 Å². The minimum Gasteiger partial charge on any atom is -0.478 e. The van der Waals surface area contributed by atoms with Crippen molar-refractivity contribution in [1.29, 1.82) is 0 Å². The molecule has 0 aliphatic carbocycles. The lowest BCUT2D eigenvalue weighted by Crippen LogP contribution is -2.28. The normalized spacial score (nSPS) is 10.4. The molecular weight excluding hydrogens is 270 g/mol. The van der Waals surface area contributed by atoms with Crippen molar-refractivity contribution in [2.24, 2.45) is 0 Å². The number of aromatic carboxylic acids is 1. The first-order valence-corrected chi connectivity index (χ1v) is 6.44. The van der Waals surface area contributed by atoms with E-state index in [4.69, 9.17) is 0 Å². The fraction of sp³-hybridized carbons (Fsp3) is 0.188. The predicted octanol–water partition coefficient (Wildman–Crippen LogP) is 2.11. The molecule has 0 radical (unpaired) electrons. The van der Waals surface area contributed by atoms with E-state index in [1.807, 2.05) is 0 Å². The van der Waals surface area contributed by atoms with E-state index in [1.165, 1.54) is 23.6 Å². The first kappa shape index (κ1) is 14.7. The Morgan fingerprint density at radius 3 is 2.38 bits per heavy atom. The number of carbonyl (C=O) groups excluding carboxylic acids is 1. The van der Waals surface area contributed by atoms with E-state index in [-0.39, 0.29) is 23.5 Å². The number of carboxylic acid groups (broad SMARTS) is 1. The van der Waals surface area contributed by atoms with Crippen molar-refractivity contribution >= 4 is 11.8 Å². The third-order valence-corrected chi connectivity index (χ3v) is 3.35. The third kappa shape index (κ3) is 2.91. The van der Waals surface area contributed by atoms with Crippen LogP contribution in [-0.4, -0.2) is 21.4 Å². The molecule has 1 aromatic carbocycles. The van der Waals surface area contributed by atoms with Gasteiger partial charge in [0.15, 0.2) is 5.78 Å². The standard InChI is InChI=1S/C16H15NO4/c1-10-7-8-13(11(2)18)15(19)17(10)9-12-5-3-4-6-14(12)16(20)21/h3-8H,9H2,1-2H3,(H,20,21). The lowest BCUT2D eigenvalue weighted by atomic mass is 10.1. The van der Waals surface area contributed by atoms with Crippen LogP contribution in [-0.2, 0) is 6.54 Å². The third-order valence-electron chi connectivity index (χ3n) is 3.35. The van der Waals surface area contributed by atoms with Gasteiger partial charge in [-0.25, -0.2) is 4.79 Å². The second kappa shape index (κ2) is 5.75. The number of carboxylic acids is 1. The molecule has 0 atom stereocenters. The number of nitrogens with zero attached hydrogens (tertiary/aromatic N) is 1. The van der Waals surface area contributed by atoms with Crippen LogP contribution in [0.1, 0.15) is 38.9 Å². The van der Waals surface area contributed by atoms with Crippen LogP contribution >= 0.6 is 0 Å². The molecule has 0 saturated heterocycles. The number of Topliss-reactive ketones (excluding diaryl/α,β-unsaturated/α-hetero) is 1. The molecule has 5 heteroatoms. The summed E-state index contributed by atoms with van der Waals surface area (Å²) in [5, 5.41) is 9.18. The Labute approximate surface area is 121 Å². The van der Waals surface area contributed by atoms with Gasteiger partial charge in [-0.3, -0.25) is 9.59 Å². The molecule has 1 N–H and O–H groups in total. The van der Waals surface area contributed by atoms with Crippen LogP contribution in [0.15, 0.2) is 41.2 Å². The maximum Gasteiger partial charge on any atom is 0.336 e. The summed E-state index contributed by atoms with van der Waals surface area (Å²) in [6, 6.07) is 9.69. The number of benzene rings is 1. The van der Waals surface area contributed by atoms with Crippen molar-refractivity contribution in [3.05, 3.63) is 69.1 Å². The van der Waals surface area contributed by atoms with Gasteiger partial charge in [0.2, 0.25) is 0 Å². The monoisotopic (exact) mass is 285 g/mol. The number of aromatic nitrogens is 1. The largest absolute Gasteiger partial charge is 0.478 e. The Balaban J connectivity index is 2.55. The number of carbonyl (C=O) groups is 2. The topological polar surface area (TPSA) is 76.4 Å². The lowest BCUT2D eigenvalue weighted by molar-refractivity contribution is 0.0695. The van der Waals surface area contributed by atoms with Gasteiger partial charge in [0.05, 0.1) is 17.7 Å². The molecule has 1 heterocycles. The summed E-state index contributed by atoms with van der Waals surface area (Å²) in [6.45, 7) is 3.20. The fourth-order valence-corrected chi connectivity index (χ4v) is 2.17. The highest BCUT2D eigenvalue weighted by atomic mass is 16.4. The molecule has 0 bridgehead atoms. The molecule has 108 valence electrons. The number of ketones is 1. The highest BCUT2D eigenvalue weighted by molar-refractivity contribution is 5.93. The molecule has 0 fully saturated rings. The summed E-state index contributed by atoms with van der Waals surface area (Å²) in [4.78, 5) is 35.0. The maximum absolute atomic E-state index is 12.3. The average Bonchev–Trinajstić information content (AvgIpc) is 2.43.